The van der Waals surface area contributed by atoms with Crippen molar-refractivity contribution in [1.29, 1.82) is 0 Å². The van der Waals surface area contributed by atoms with Crippen molar-refractivity contribution in [2.45, 2.75) is 32.5 Å². The van der Waals surface area contributed by atoms with E-state index in [9.17, 15) is 4.79 Å². The van der Waals surface area contributed by atoms with E-state index in [0.717, 1.165) is 42.9 Å². The van der Waals surface area contributed by atoms with Crippen LogP contribution in [0.15, 0.2) is 28.7 Å². The van der Waals surface area contributed by atoms with Gasteiger partial charge in [-0.1, -0.05) is 6.07 Å². The first-order valence-electron chi connectivity index (χ1n) is 7.36. The van der Waals surface area contributed by atoms with E-state index in [1.165, 1.54) is 6.08 Å². The summed E-state index contributed by atoms with van der Waals surface area (Å²) in [6.45, 7) is 2.61. The molecule has 3 rings (SSSR count). The summed E-state index contributed by atoms with van der Waals surface area (Å²) >= 11 is 0. The molecule has 5 heteroatoms. The fourth-order valence-corrected chi connectivity index (χ4v) is 2.63. The molecule has 1 aromatic carbocycles. The van der Waals surface area contributed by atoms with Crippen molar-refractivity contribution in [3.8, 4) is 5.75 Å². The highest BCUT2D eigenvalue weighted by molar-refractivity contribution is 5.92. The van der Waals surface area contributed by atoms with Crippen molar-refractivity contribution in [2.75, 3.05) is 6.61 Å². The summed E-state index contributed by atoms with van der Waals surface area (Å²) < 4.78 is 17.3. The predicted octanol–water partition coefficient (Wildman–Crippen LogP) is 3.74. The smallest absolute Gasteiger partial charge is 0.328 e. The molecule has 1 atom stereocenters. The summed E-state index contributed by atoms with van der Waals surface area (Å²) in [4.78, 5) is 10.7. The maximum absolute atomic E-state index is 10.7. The van der Waals surface area contributed by atoms with E-state index in [2.05, 4.69) is 0 Å². The maximum atomic E-state index is 10.7. The average Bonchev–Trinajstić information content (AvgIpc) is 2.84. The Kier molecular flexibility index (Phi) is 4.15. The Hall–Kier alpha value is -2.27. The number of carbonyl (C=O) groups is 1. The largest absolute Gasteiger partial charge is 0.478 e. The van der Waals surface area contributed by atoms with Crippen molar-refractivity contribution >= 4 is 23.0 Å². The monoisotopic (exact) mass is 302 g/mol. The Labute approximate surface area is 128 Å². The third-order valence-electron chi connectivity index (χ3n) is 3.73. The number of fused-ring (bicyclic) bond motifs is 1. The van der Waals surface area contributed by atoms with Crippen LogP contribution in [-0.2, 0) is 9.53 Å². The Morgan fingerprint density at radius 2 is 2.27 bits per heavy atom. The molecule has 2 heterocycles. The number of hydrogen-bond acceptors (Lipinski definition) is 4. The lowest BCUT2D eigenvalue weighted by molar-refractivity contribution is -0.131. The molecule has 0 saturated carbocycles. The van der Waals surface area contributed by atoms with E-state index in [0.29, 0.717) is 17.1 Å². The van der Waals surface area contributed by atoms with Crippen LogP contribution in [0.5, 0.6) is 5.75 Å². The standard InChI is InChI=1S/C17H18O5/c1-11-12(8-9-15(18)19)21-13-5-4-6-14(17(11)13)22-16-7-2-3-10-20-16/h4-6,8-9,16H,2-3,7,10H2,1H3,(H,18,19)/b9-8+. The van der Waals surface area contributed by atoms with Gasteiger partial charge in [0, 0.05) is 18.1 Å². The van der Waals surface area contributed by atoms with Gasteiger partial charge in [-0.3, -0.25) is 0 Å². The highest BCUT2D eigenvalue weighted by Crippen LogP contribution is 2.35. The molecule has 1 aliphatic rings. The van der Waals surface area contributed by atoms with E-state index in [-0.39, 0.29) is 6.29 Å². The van der Waals surface area contributed by atoms with Crippen LogP contribution in [0.1, 0.15) is 30.6 Å². The molecule has 5 nitrogen and oxygen atoms in total. The molecule has 0 amide bonds. The van der Waals surface area contributed by atoms with E-state index in [4.69, 9.17) is 19.0 Å². The summed E-state index contributed by atoms with van der Waals surface area (Å²) in [5.41, 5.74) is 1.54. The second-order valence-electron chi connectivity index (χ2n) is 5.31. The van der Waals surface area contributed by atoms with Gasteiger partial charge >= 0.3 is 5.97 Å². The molecular weight excluding hydrogens is 284 g/mol. The van der Waals surface area contributed by atoms with Crippen molar-refractivity contribution < 1.29 is 23.8 Å². The number of hydrogen-bond donors (Lipinski definition) is 1. The highest BCUT2D eigenvalue weighted by atomic mass is 16.7. The highest BCUT2D eigenvalue weighted by Gasteiger charge is 2.19. The van der Waals surface area contributed by atoms with Crippen LogP contribution in [0.25, 0.3) is 17.0 Å². The fraction of sp³-hybridized carbons (Fsp3) is 0.353. The number of furan rings is 1. The number of rotatable bonds is 4. The minimum Gasteiger partial charge on any atom is -0.478 e. The first kappa shape index (κ1) is 14.7. The molecule has 0 aliphatic carbocycles. The molecule has 1 fully saturated rings. The van der Waals surface area contributed by atoms with Gasteiger partial charge in [-0.05, 0) is 38.0 Å². The minimum absolute atomic E-state index is 0.230. The normalized spacial score (nSPS) is 18.9. The van der Waals surface area contributed by atoms with Crippen LogP contribution < -0.4 is 4.74 Å². The van der Waals surface area contributed by atoms with Crippen LogP contribution in [0.3, 0.4) is 0 Å². The molecule has 1 unspecified atom stereocenters. The molecule has 2 aromatic rings. The quantitative estimate of drug-likeness (QED) is 0.871. The van der Waals surface area contributed by atoms with Crippen molar-refractivity contribution in [2.24, 2.45) is 0 Å². The Morgan fingerprint density at radius 1 is 1.41 bits per heavy atom. The molecular formula is C17H18O5. The molecule has 0 bridgehead atoms. The summed E-state index contributed by atoms with van der Waals surface area (Å²) in [5, 5.41) is 9.60. The summed E-state index contributed by atoms with van der Waals surface area (Å²) in [6, 6.07) is 5.58. The van der Waals surface area contributed by atoms with Crippen molar-refractivity contribution in [3.63, 3.8) is 0 Å². The van der Waals surface area contributed by atoms with E-state index >= 15 is 0 Å². The second kappa shape index (κ2) is 6.23. The summed E-state index contributed by atoms with van der Waals surface area (Å²) in [5.74, 6) is 0.227. The summed E-state index contributed by atoms with van der Waals surface area (Å²) in [6.07, 6.45) is 5.33. The summed E-state index contributed by atoms with van der Waals surface area (Å²) in [7, 11) is 0. The van der Waals surface area contributed by atoms with Crippen LogP contribution in [-0.4, -0.2) is 24.0 Å². The molecule has 1 N–H and O–H groups in total. The molecule has 0 radical (unpaired) electrons. The second-order valence-corrected chi connectivity index (χ2v) is 5.31. The van der Waals surface area contributed by atoms with Gasteiger partial charge in [0.2, 0.25) is 0 Å². The topological polar surface area (TPSA) is 68.9 Å². The van der Waals surface area contributed by atoms with E-state index < -0.39 is 5.97 Å². The van der Waals surface area contributed by atoms with Gasteiger partial charge in [-0.15, -0.1) is 0 Å². The molecule has 116 valence electrons. The third kappa shape index (κ3) is 2.99. The number of aliphatic carboxylic acids is 1. The Bertz CT molecular complexity index is 707. The number of benzene rings is 1. The SMILES string of the molecule is Cc1c(/C=C/C(=O)O)oc2cccc(OC3CCCCO3)c12. The molecule has 1 aromatic heterocycles. The lowest BCUT2D eigenvalue weighted by atomic mass is 10.1. The number of aryl methyl sites for hydroxylation is 1. The predicted molar refractivity (Wildman–Crippen MR) is 81.8 cm³/mol. The molecule has 22 heavy (non-hydrogen) atoms. The zero-order valence-electron chi connectivity index (χ0n) is 12.4. The van der Waals surface area contributed by atoms with Gasteiger partial charge in [0.15, 0.2) is 6.29 Å². The minimum atomic E-state index is -1.01. The Balaban J connectivity index is 1.95. The van der Waals surface area contributed by atoms with Gasteiger partial charge in [0.1, 0.15) is 17.1 Å². The van der Waals surface area contributed by atoms with Crippen molar-refractivity contribution in [3.05, 3.63) is 35.6 Å². The number of ether oxygens (including phenoxy) is 2. The van der Waals surface area contributed by atoms with Gasteiger partial charge in [0.25, 0.3) is 0 Å². The van der Waals surface area contributed by atoms with Crippen molar-refractivity contribution in [1.82, 2.24) is 0 Å². The average molecular weight is 302 g/mol. The zero-order chi connectivity index (χ0) is 15.5. The van der Waals surface area contributed by atoms with Gasteiger partial charge < -0.3 is 19.0 Å². The molecule has 1 saturated heterocycles. The lowest BCUT2D eigenvalue weighted by Gasteiger charge is -2.23. The van der Waals surface area contributed by atoms with E-state index in [1.54, 1.807) is 0 Å². The molecule has 1 aliphatic heterocycles. The Morgan fingerprint density at radius 3 is 3.00 bits per heavy atom. The maximum Gasteiger partial charge on any atom is 0.328 e. The zero-order valence-corrected chi connectivity index (χ0v) is 12.4. The van der Waals surface area contributed by atoms with Gasteiger partial charge in [-0.25, -0.2) is 4.79 Å². The lowest BCUT2D eigenvalue weighted by Crippen LogP contribution is -2.25. The van der Waals surface area contributed by atoms with Gasteiger partial charge in [0.05, 0.1) is 12.0 Å². The first-order chi connectivity index (χ1) is 10.6. The fourth-order valence-electron chi connectivity index (χ4n) is 2.63. The molecule has 0 spiro atoms. The van der Waals surface area contributed by atoms with E-state index in [1.807, 2.05) is 25.1 Å². The number of carboxylic acid groups (broad SMARTS) is 1. The van der Waals surface area contributed by atoms with Crippen LogP contribution >= 0.6 is 0 Å². The third-order valence-corrected chi connectivity index (χ3v) is 3.73. The van der Waals surface area contributed by atoms with Crippen LogP contribution in [0.4, 0.5) is 0 Å². The first-order valence-corrected chi connectivity index (χ1v) is 7.36. The van der Waals surface area contributed by atoms with Crippen LogP contribution in [0.2, 0.25) is 0 Å². The number of carboxylic acids is 1. The van der Waals surface area contributed by atoms with Crippen LogP contribution in [0, 0.1) is 6.92 Å². The van der Waals surface area contributed by atoms with Gasteiger partial charge in [-0.2, -0.15) is 0 Å².